The Morgan fingerprint density at radius 1 is 1.42 bits per heavy atom. The molecule has 100 valence electrons. The fourth-order valence-electron chi connectivity index (χ4n) is 1.42. The molecule has 0 aliphatic rings. The van der Waals surface area contributed by atoms with Gasteiger partial charge in [-0.2, -0.15) is 0 Å². The zero-order valence-electron chi connectivity index (χ0n) is 9.98. The lowest BCUT2D eigenvalue weighted by atomic mass is 10.1. The van der Waals surface area contributed by atoms with Crippen molar-refractivity contribution in [1.82, 2.24) is 0 Å². The summed E-state index contributed by atoms with van der Waals surface area (Å²) in [7, 11) is 0. The number of carbonyl (C=O) groups is 2. The van der Waals surface area contributed by atoms with Gasteiger partial charge < -0.3 is 16.2 Å². The minimum atomic E-state index is -1.07. The highest BCUT2D eigenvalue weighted by molar-refractivity contribution is 5.79. The third kappa shape index (κ3) is 4.97. The zero-order valence-corrected chi connectivity index (χ0v) is 9.98. The van der Waals surface area contributed by atoms with E-state index < -0.39 is 17.9 Å². The average Bonchev–Trinajstić information content (AvgIpc) is 2.36. The molecule has 0 aromatic heterocycles. The SMILES string of the molecule is [N-]=[N+]=Nc1ccc(NC(CCC(N)=O)C(=O)O)cc1. The molecule has 1 atom stereocenters. The van der Waals surface area contributed by atoms with Crippen LogP contribution in [0.25, 0.3) is 10.4 Å². The number of carboxylic acids is 1. The van der Waals surface area contributed by atoms with Crippen LogP contribution in [0.15, 0.2) is 29.4 Å². The van der Waals surface area contributed by atoms with Crippen LogP contribution >= 0.6 is 0 Å². The Labute approximate surface area is 108 Å². The van der Waals surface area contributed by atoms with Crippen LogP contribution in [0.2, 0.25) is 0 Å². The molecule has 0 saturated carbocycles. The first kappa shape index (κ1) is 14.3. The minimum absolute atomic E-state index is 0.0131. The van der Waals surface area contributed by atoms with Crippen LogP contribution in [0.4, 0.5) is 11.4 Å². The van der Waals surface area contributed by atoms with E-state index in [4.69, 9.17) is 16.4 Å². The van der Waals surface area contributed by atoms with Crippen molar-refractivity contribution in [3.63, 3.8) is 0 Å². The number of azide groups is 1. The van der Waals surface area contributed by atoms with Crippen LogP contribution in [0.5, 0.6) is 0 Å². The number of carbonyl (C=O) groups excluding carboxylic acids is 1. The van der Waals surface area contributed by atoms with Gasteiger partial charge in [-0.25, -0.2) is 4.79 Å². The predicted octanol–water partition coefficient (Wildman–Crippen LogP) is 1.76. The largest absolute Gasteiger partial charge is 0.480 e. The number of hydrogen-bond acceptors (Lipinski definition) is 4. The summed E-state index contributed by atoms with van der Waals surface area (Å²) in [5, 5.41) is 15.2. The number of amides is 1. The van der Waals surface area contributed by atoms with E-state index in [1.807, 2.05) is 0 Å². The van der Waals surface area contributed by atoms with Gasteiger partial charge in [0, 0.05) is 22.7 Å². The summed E-state index contributed by atoms with van der Waals surface area (Å²) in [6.45, 7) is 0. The highest BCUT2D eigenvalue weighted by Crippen LogP contribution is 2.17. The molecule has 1 amide bonds. The first-order valence-corrected chi connectivity index (χ1v) is 5.45. The molecule has 0 radical (unpaired) electrons. The maximum atomic E-state index is 11.0. The van der Waals surface area contributed by atoms with E-state index in [1.165, 1.54) is 0 Å². The molecule has 1 rings (SSSR count). The number of carboxylic acid groups (broad SMARTS) is 1. The topological polar surface area (TPSA) is 141 Å². The van der Waals surface area contributed by atoms with Crippen molar-refractivity contribution in [1.29, 1.82) is 0 Å². The van der Waals surface area contributed by atoms with E-state index in [1.54, 1.807) is 24.3 Å². The summed E-state index contributed by atoms with van der Waals surface area (Å²) in [5.41, 5.74) is 14.2. The Hall–Kier alpha value is -2.73. The second-order valence-corrected chi connectivity index (χ2v) is 3.78. The van der Waals surface area contributed by atoms with Crippen LogP contribution in [0.1, 0.15) is 12.8 Å². The summed E-state index contributed by atoms with van der Waals surface area (Å²) < 4.78 is 0. The number of hydrogen-bond donors (Lipinski definition) is 3. The number of nitrogens with zero attached hydrogens (tertiary/aromatic N) is 3. The Bertz CT molecular complexity index is 508. The maximum Gasteiger partial charge on any atom is 0.326 e. The summed E-state index contributed by atoms with van der Waals surface area (Å²) in [6.07, 6.45) is 0.0868. The quantitative estimate of drug-likeness (QED) is 0.391. The van der Waals surface area contributed by atoms with Gasteiger partial charge in [0.05, 0.1) is 0 Å². The Kier molecular flexibility index (Phi) is 5.18. The number of aliphatic carboxylic acids is 1. The Balaban J connectivity index is 2.70. The number of nitrogens with one attached hydrogen (secondary N) is 1. The molecule has 19 heavy (non-hydrogen) atoms. The van der Waals surface area contributed by atoms with Gasteiger partial charge in [0.2, 0.25) is 5.91 Å². The molecule has 0 bridgehead atoms. The van der Waals surface area contributed by atoms with Crippen LogP contribution in [0, 0.1) is 0 Å². The molecule has 1 unspecified atom stereocenters. The number of rotatable bonds is 7. The molecule has 1 aromatic carbocycles. The van der Waals surface area contributed by atoms with Gasteiger partial charge in [-0.05, 0) is 24.1 Å². The lowest BCUT2D eigenvalue weighted by Gasteiger charge is -2.15. The highest BCUT2D eigenvalue weighted by Gasteiger charge is 2.17. The Morgan fingerprint density at radius 3 is 2.53 bits per heavy atom. The first-order chi connectivity index (χ1) is 9.02. The molecule has 8 heteroatoms. The molecule has 8 nitrogen and oxygen atoms in total. The normalized spacial score (nSPS) is 11.2. The molecular formula is C11H13N5O3. The second-order valence-electron chi connectivity index (χ2n) is 3.78. The molecule has 0 heterocycles. The smallest absolute Gasteiger partial charge is 0.326 e. The second kappa shape index (κ2) is 6.87. The predicted molar refractivity (Wildman–Crippen MR) is 68.7 cm³/mol. The van der Waals surface area contributed by atoms with Crippen molar-refractivity contribution in [2.24, 2.45) is 10.8 Å². The van der Waals surface area contributed by atoms with Crippen molar-refractivity contribution in [2.75, 3.05) is 5.32 Å². The molecule has 4 N–H and O–H groups in total. The van der Waals surface area contributed by atoms with Crippen LogP contribution < -0.4 is 11.1 Å². The first-order valence-electron chi connectivity index (χ1n) is 5.45. The van der Waals surface area contributed by atoms with Crippen LogP contribution in [-0.2, 0) is 9.59 Å². The molecule has 0 spiro atoms. The minimum Gasteiger partial charge on any atom is -0.480 e. The lowest BCUT2D eigenvalue weighted by Crippen LogP contribution is -2.30. The summed E-state index contributed by atoms with van der Waals surface area (Å²) in [5.74, 6) is -1.62. The monoisotopic (exact) mass is 263 g/mol. The van der Waals surface area contributed by atoms with E-state index in [0.717, 1.165) is 0 Å². The molecule has 1 aromatic rings. The van der Waals surface area contributed by atoms with E-state index in [-0.39, 0.29) is 12.8 Å². The van der Waals surface area contributed by atoms with Gasteiger partial charge in [-0.1, -0.05) is 17.2 Å². The molecular weight excluding hydrogens is 250 g/mol. The Morgan fingerprint density at radius 2 is 2.05 bits per heavy atom. The van der Waals surface area contributed by atoms with E-state index >= 15 is 0 Å². The molecule has 0 aliphatic heterocycles. The lowest BCUT2D eigenvalue weighted by molar-refractivity contribution is -0.138. The van der Waals surface area contributed by atoms with Gasteiger partial charge in [-0.3, -0.25) is 4.79 Å². The summed E-state index contributed by atoms with van der Waals surface area (Å²) >= 11 is 0. The number of primary amides is 1. The van der Waals surface area contributed by atoms with Gasteiger partial charge in [0.1, 0.15) is 6.04 Å². The van der Waals surface area contributed by atoms with Crippen molar-refractivity contribution in [3.8, 4) is 0 Å². The van der Waals surface area contributed by atoms with E-state index in [9.17, 15) is 9.59 Å². The maximum absolute atomic E-state index is 11.0. The van der Waals surface area contributed by atoms with Crippen molar-refractivity contribution >= 4 is 23.3 Å². The summed E-state index contributed by atoms with van der Waals surface area (Å²) in [6, 6.07) is 5.37. The highest BCUT2D eigenvalue weighted by atomic mass is 16.4. The fraction of sp³-hybridized carbons (Fsp3) is 0.273. The van der Waals surface area contributed by atoms with Crippen molar-refractivity contribution < 1.29 is 14.7 Å². The van der Waals surface area contributed by atoms with Crippen molar-refractivity contribution in [2.45, 2.75) is 18.9 Å². The van der Waals surface area contributed by atoms with Crippen LogP contribution in [-0.4, -0.2) is 23.0 Å². The zero-order chi connectivity index (χ0) is 14.3. The molecule has 0 aliphatic carbocycles. The van der Waals surface area contributed by atoms with Crippen LogP contribution in [0.3, 0.4) is 0 Å². The van der Waals surface area contributed by atoms with E-state index in [2.05, 4.69) is 15.3 Å². The number of nitrogens with two attached hydrogens (primary N) is 1. The third-order valence-electron chi connectivity index (χ3n) is 2.35. The van der Waals surface area contributed by atoms with Gasteiger partial charge >= 0.3 is 5.97 Å². The molecule has 0 saturated heterocycles. The third-order valence-corrected chi connectivity index (χ3v) is 2.35. The standard InChI is InChI=1S/C11H13N5O3/c12-10(17)6-5-9(11(18)19)14-7-1-3-8(4-2-7)15-16-13/h1-4,9,14H,5-6H2,(H2,12,17)(H,18,19). The van der Waals surface area contributed by atoms with E-state index in [0.29, 0.717) is 11.4 Å². The van der Waals surface area contributed by atoms with Gasteiger partial charge in [0.25, 0.3) is 0 Å². The average molecular weight is 263 g/mol. The molecule has 0 fully saturated rings. The fourth-order valence-corrected chi connectivity index (χ4v) is 1.42. The van der Waals surface area contributed by atoms with Crippen molar-refractivity contribution in [3.05, 3.63) is 34.7 Å². The number of anilines is 1. The summed E-state index contributed by atoms with van der Waals surface area (Å²) in [4.78, 5) is 24.3. The van der Waals surface area contributed by atoms with Gasteiger partial charge in [-0.15, -0.1) is 0 Å². The number of benzene rings is 1. The van der Waals surface area contributed by atoms with Gasteiger partial charge in [0.15, 0.2) is 0 Å².